The molecule has 0 bridgehead atoms. The molecule has 2 aromatic rings. The smallest absolute Gasteiger partial charge is 0.408 e. The van der Waals surface area contributed by atoms with Gasteiger partial charge in [-0.05, 0) is 90.0 Å². The number of nitrogens with zero attached hydrogens (tertiary/aromatic N) is 2. The van der Waals surface area contributed by atoms with Crippen molar-refractivity contribution < 1.29 is 46.2 Å². The molecule has 4 amide bonds. The first kappa shape index (κ1) is 40.7. The van der Waals surface area contributed by atoms with Crippen molar-refractivity contribution in [1.82, 2.24) is 25.2 Å². The van der Waals surface area contributed by atoms with Crippen LogP contribution < -0.4 is 24.8 Å². The van der Waals surface area contributed by atoms with Gasteiger partial charge in [0, 0.05) is 23.1 Å². The highest BCUT2D eigenvalue weighted by molar-refractivity contribution is 7.91. The van der Waals surface area contributed by atoms with E-state index in [4.69, 9.17) is 19.2 Å². The first-order valence-electron chi connectivity index (χ1n) is 20.1. The monoisotopic (exact) mass is 811 g/mol. The van der Waals surface area contributed by atoms with Crippen LogP contribution in [0, 0.1) is 17.8 Å². The van der Waals surface area contributed by atoms with E-state index in [1.54, 1.807) is 20.8 Å². The predicted molar refractivity (Wildman–Crippen MR) is 209 cm³/mol. The fourth-order valence-corrected chi connectivity index (χ4v) is 9.86. The number of allylic oxidation sites excluding steroid dienone is 1. The van der Waals surface area contributed by atoms with E-state index in [-0.39, 0.29) is 44.1 Å². The summed E-state index contributed by atoms with van der Waals surface area (Å²) in [5.74, 6) is -1.91. The van der Waals surface area contributed by atoms with Gasteiger partial charge in [-0.3, -0.25) is 19.1 Å². The largest absolute Gasteiger partial charge is 0.491 e. The summed E-state index contributed by atoms with van der Waals surface area (Å²) >= 11 is 0. The van der Waals surface area contributed by atoms with Gasteiger partial charge in [0.1, 0.15) is 46.5 Å². The molecule has 57 heavy (non-hydrogen) atoms. The van der Waals surface area contributed by atoms with Crippen molar-refractivity contribution in [1.29, 1.82) is 0 Å². The molecule has 1 saturated heterocycles. The Balaban J connectivity index is 1.24. The van der Waals surface area contributed by atoms with Gasteiger partial charge in [-0.25, -0.2) is 22.6 Å². The van der Waals surface area contributed by atoms with Crippen molar-refractivity contribution in [3.63, 3.8) is 0 Å². The fourth-order valence-electron chi connectivity index (χ4n) is 8.43. The number of rotatable bonds is 7. The quantitative estimate of drug-likeness (QED) is 0.334. The normalized spacial score (nSPS) is 30.5. The lowest BCUT2D eigenvalue weighted by atomic mass is 9.88. The number of alkyl carbamates (subject to hydrolysis) is 1. The Kier molecular flexibility index (Phi) is 11.0. The molecule has 1 aromatic heterocycles. The van der Waals surface area contributed by atoms with Crippen LogP contribution in [0.5, 0.6) is 11.6 Å². The number of nitrogens with one attached hydrogen (secondary N) is 3. The molecule has 0 radical (unpaired) electrons. The topological polar surface area (TPSA) is 182 Å². The number of aromatic nitrogens is 1. The van der Waals surface area contributed by atoms with Gasteiger partial charge in [-0.1, -0.05) is 44.2 Å². The molecule has 1 aromatic carbocycles. The maximum absolute atomic E-state index is 14.9. The third-order valence-corrected chi connectivity index (χ3v) is 14.0. The van der Waals surface area contributed by atoms with Gasteiger partial charge >= 0.3 is 6.09 Å². The van der Waals surface area contributed by atoms with E-state index in [1.165, 1.54) is 4.90 Å². The van der Waals surface area contributed by atoms with E-state index in [2.05, 4.69) is 22.3 Å². The molecule has 0 unspecified atom stereocenters. The minimum atomic E-state index is -4.38. The molecular weight excluding hydrogens is 758 g/mol. The van der Waals surface area contributed by atoms with Crippen molar-refractivity contribution in [3.05, 3.63) is 42.1 Å². The second kappa shape index (κ2) is 15.4. The van der Waals surface area contributed by atoms with Crippen LogP contribution >= 0.6 is 0 Å². The number of amides is 4. The number of halogens is 1. The Morgan fingerprint density at radius 3 is 2.56 bits per heavy atom. The van der Waals surface area contributed by atoms with Crippen LogP contribution in [-0.2, 0) is 35.6 Å². The van der Waals surface area contributed by atoms with Crippen LogP contribution in [0.25, 0.3) is 10.8 Å². The van der Waals surface area contributed by atoms with Gasteiger partial charge in [0.05, 0.1) is 18.8 Å². The number of hydrogen-bond donors (Lipinski definition) is 3. The van der Waals surface area contributed by atoms with Crippen LogP contribution in [0.15, 0.2) is 36.4 Å². The number of pyridine rings is 1. The zero-order valence-corrected chi connectivity index (χ0v) is 34.1. The summed E-state index contributed by atoms with van der Waals surface area (Å²) in [6.07, 6.45) is 5.92. The highest BCUT2D eigenvalue weighted by Crippen LogP contribution is 2.48. The Morgan fingerprint density at radius 1 is 1.12 bits per heavy atom. The minimum absolute atomic E-state index is 0.00652. The molecule has 3 N–H and O–H groups in total. The van der Waals surface area contributed by atoms with Crippen LogP contribution in [0.3, 0.4) is 0 Å². The van der Waals surface area contributed by atoms with Gasteiger partial charge in [-0.15, -0.1) is 0 Å². The number of fused-ring (bicyclic) bond motifs is 5. The van der Waals surface area contributed by atoms with Gasteiger partial charge in [0.2, 0.25) is 27.7 Å². The molecule has 14 nitrogen and oxygen atoms in total. The third-order valence-electron chi connectivity index (χ3n) is 11.9. The Labute approximate surface area is 333 Å². The van der Waals surface area contributed by atoms with E-state index < -0.39 is 80.5 Å². The first-order valence-corrected chi connectivity index (χ1v) is 21.6. The van der Waals surface area contributed by atoms with Gasteiger partial charge in [0.25, 0.3) is 5.91 Å². The van der Waals surface area contributed by atoms with Crippen molar-refractivity contribution >= 4 is 44.6 Å². The molecule has 0 spiro atoms. The molecule has 310 valence electrons. The first-order chi connectivity index (χ1) is 27.0. The van der Waals surface area contributed by atoms with Crippen molar-refractivity contribution in [2.45, 2.75) is 126 Å². The lowest BCUT2D eigenvalue weighted by Gasteiger charge is -2.33. The summed E-state index contributed by atoms with van der Waals surface area (Å²) in [5.41, 5.74) is -1.74. The number of aryl methyl sites for hydroxylation is 1. The molecule has 2 saturated carbocycles. The van der Waals surface area contributed by atoms with E-state index in [9.17, 15) is 32.0 Å². The van der Waals surface area contributed by atoms with Crippen LogP contribution in [-0.4, -0.2) is 96.0 Å². The number of sulfonamides is 1. The average molecular weight is 812 g/mol. The molecule has 5 aliphatic rings. The number of hydrogen-bond acceptors (Lipinski definition) is 10. The summed E-state index contributed by atoms with van der Waals surface area (Å²) < 4.78 is 58.9. The summed E-state index contributed by atoms with van der Waals surface area (Å²) in [6, 6.07) is 5.31. The Bertz CT molecular complexity index is 2070. The van der Waals surface area contributed by atoms with E-state index >= 15 is 0 Å². The number of alkyl halides is 1. The summed E-state index contributed by atoms with van der Waals surface area (Å²) in [6.45, 7) is 8.51. The van der Waals surface area contributed by atoms with Gasteiger partial charge < -0.3 is 29.7 Å². The highest BCUT2D eigenvalue weighted by Gasteiger charge is 2.64. The molecule has 4 heterocycles. The van der Waals surface area contributed by atoms with E-state index in [0.717, 1.165) is 23.9 Å². The summed E-state index contributed by atoms with van der Waals surface area (Å²) in [4.78, 5) is 62.9. The average Bonchev–Trinajstić information content (AvgIpc) is 4.06. The summed E-state index contributed by atoms with van der Waals surface area (Å²) in [7, 11) is -4.38. The second-order valence-electron chi connectivity index (χ2n) is 17.6. The highest BCUT2D eigenvalue weighted by atomic mass is 32.2. The lowest BCUT2D eigenvalue weighted by Crippen LogP contribution is -2.59. The molecule has 3 fully saturated rings. The number of ether oxygens (including phenoxy) is 3. The molecular formula is C41H54FN5O9S. The number of benzene rings is 1. The second-order valence-corrected chi connectivity index (χ2v) is 19.7. The van der Waals surface area contributed by atoms with Crippen LogP contribution in [0.4, 0.5) is 9.18 Å². The minimum Gasteiger partial charge on any atom is -0.491 e. The molecule has 7 rings (SSSR count). The SMILES string of the molecule is C[C@H]1CC/C=C\[C@@H]2C[C@@]2(C(=O)NS(=O)(=O)C2(CF)CC2)NC(=O)[C@@H]2C[C@@H](Oc3nc4c(c5ccccc35)OCCC4)CN2C(=O)[C@@H](NC(=O)OC(C)(C)C)[C@H](C)C1. The fraction of sp³-hybridized carbons (Fsp3) is 0.634. The van der Waals surface area contributed by atoms with E-state index in [0.29, 0.717) is 42.9 Å². The number of carbonyl (C=O) groups excluding carboxylic acids is 4. The Morgan fingerprint density at radius 2 is 1.86 bits per heavy atom. The van der Waals surface area contributed by atoms with Crippen molar-refractivity contribution in [3.8, 4) is 11.6 Å². The van der Waals surface area contributed by atoms with Gasteiger partial charge in [0.15, 0.2) is 0 Å². The Hall–Kier alpha value is -4.47. The maximum atomic E-state index is 14.9. The lowest BCUT2D eigenvalue weighted by molar-refractivity contribution is -0.142. The number of carbonyl (C=O) groups is 4. The third kappa shape index (κ3) is 8.28. The van der Waals surface area contributed by atoms with Crippen molar-refractivity contribution in [2.75, 3.05) is 19.8 Å². The van der Waals surface area contributed by atoms with Crippen LogP contribution in [0.2, 0.25) is 0 Å². The molecule has 3 aliphatic heterocycles. The maximum Gasteiger partial charge on any atom is 0.408 e. The summed E-state index contributed by atoms with van der Waals surface area (Å²) in [5, 5.41) is 7.19. The van der Waals surface area contributed by atoms with Crippen molar-refractivity contribution in [2.24, 2.45) is 17.8 Å². The molecule has 16 heteroatoms. The molecule has 7 atom stereocenters. The zero-order valence-electron chi connectivity index (χ0n) is 33.3. The zero-order chi connectivity index (χ0) is 40.9. The van der Waals surface area contributed by atoms with Gasteiger partial charge in [-0.2, -0.15) is 0 Å². The standard InChI is InChI=1S/C41H54FN5O9S/c1-24-11-6-7-12-26-21-41(26,37(50)46-57(52,53)40(23-42)16-17-40)45-34(48)31-20-27(22-47(31)36(49)32(25(2)19-24)44-38(51)56-39(3,4)5)55-35-29-14-9-8-13-28(29)33-30(43-35)15-10-18-54-33/h7-9,12-14,24-27,31-32H,6,10-11,15-23H2,1-5H3,(H,44,51)(H,45,48)(H,46,50)/b12-7-/t24-,25+,26+,27+,31-,32-,41+/m0/s1. The van der Waals surface area contributed by atoms with Crippen LogP contribution in [0.1, 0.15) is 91.7 Å². The molecule has 2 aliphatic carbocycles. The van der Waals surface area contributed by atoms with E-state index in [1.807, 2.05) is 43.3 Å². The predicted octanol–water partition coefficient (Wildman–Crippen LogP) is 4.64.